The number of hydrogen-bond donors (Lipinski definition) is 1. The van der Waals surface area contributed by atoms with E-state index in [4.69, 9.17) is 0 Å². The monoisotopic (exact) mass is 198 g/mol. The van der Waals surface area contributed by atoms with E-state index in [0.29, 0.717) is 0 Å². The third-order valence-corrected chi connectivity index (χ3v) is 2.88. The van der Waals surface area contributed by atoms with Crippen LogP contribution in [0.2, 0.25) is 0 Å². The van der Waals surface area contributed by atoms with Crippen LogP contribution in [-0.4, -0.2) is 29.6 Å². The summed E-state index contributed by atoms with van der Waals surface area (Å²) in [5.74, 6) is 0. The summed E-state index contributed by atoms with van der Waals surface area (Å²) in [5, 5.41) is 2.89. The molecule has 1 saturated heterocycles. The fourth-order valence-electron chi connectivity index (χ4n) is 1.86. The van der Waals surface area contributed by atoms with Gasteiger partial charge in [-0.15, -0.1) is 0 Å². The smallest absolute Gasteiger partial charge is 0.317 e. The van der Waals surface area contributed by atoms with Crippen LogP contribution in [0.5, 0.6) is 0 Å². The van der Waals surface area contributed by atoms with Crippen molar-refractivity contribution in [2.24, 2.45) is 0 Å². The number of unbranched alkanes of at least 4 members (excludes halogenated alkanes) is 3. The quantitative estimate of drug-likeness (QED) is 0.676. The van der Waals surface area contributed by atoms with Crippen LogP contribution in [0.15, 0.2) is 0 Å². The average molecular weight is 198 g/mol. The Morgan fingerprint density at radius 1 is 1.36 bits per heavy atom. The molecule has 1 heterocycles. The van der Waals surface area contributed by atoms with Crippen LogP contribution in [0.4, 0.5) is 4.79 Å². The van der Waals surface area contributed by atoms with Crippen molar-refractivity contribution in [3.8, 4) is 0 Å². The first-order valence-electron chi connectivity index (χ1n) is 5.63. The number of rotatable bonds is 5. The fourth-order valence-corrected chi connectivity index (χ4v) is 1.86. The molecule has 0 aliphatic carbocycles. The highest BCUT2D eigenvalue weighted by molar-refractivity contribution is 5.77. The van der Waals surface area contributed by atoms with E-state index in [-0.39, 0.29) is 11.6 Å². The maximum absolute atomic E-state index is 11.5. The molecule has 0 radical (unpaired) electrons. The highest BCUT2D eigenvalue weighted by atomic mass is 16.2. The normalized spacial score (nSPS) is 19.9. The number of urea groups is 1. The number of hydrogen-bond acceptors (Lipinski definition) is 1. The van der Waals surface area contributed by atoms with Crippen LogP contribution in [0, 0.1) is 0 Å². The largest absolute Gasteiger partial charge is 0.336 e. The Morgan fingerprint density at radius 3 is 2.57 bits per heavy atom. The Kier molecular flexibility index (Phi) is 3.78. The summed E-state index contributed by atoms with van der Waals surface area (Å²) in [7, 11) is 0. The van der Waals surface area contributed by atoms with Crippen molar-refractivity contribution < 1.29 is 4.79 Å². The predicted octanol–water partition coefficient (Wildman–Crippen LogP) is 2.37. The van der Waals surface area contributed by atoms with Gasteiger partial charge >= 0.3 is 6.03 Å². The molecule has 0 aromatic carbocycles. The lowest BCUT2D eigenvalue weighted by molar-refractivity contribution is 0.174. The summed E-state index contributed by atoms with van der Waals surface area (Å²) in [4.78, 5) is 13.4. The Labute approximate surface area is 86.9 Å². The van der Waals surface area contributed by atoms with Crippen molar-refractivity contribution in [2.45, 2.75) is 52.0 Å². The van der Waals surface area contributed by atoms with Crippen LogP contribution in [0.3, 0.4) is 0 Å². The van der Waals surface area contributed by atoms with Crippen LogP contribution in [-0.2, 0) is 0 Å². The van der Waals surface area contributed by atoms with E-state index >= 15 is 0 Å². The second-order valence-corrected chi connectivity index (χ2v) is 4.68. The Hall–Kier alpha value is -0.730. The molecule has 82 valence electrons. The van der Waals surface area contributed by atoms with Gasteiger partial charge in [0.2, 0.25) is 0 Å². The summed E-state index contributed by atoms with van der Waals surface area (Å²) < 4.78 is 0. The third kappa shape index (κ3) is 2.63. The predicted molar refractivity (Wildman–Crippen MR) is 58.3 cm³/mol. The lowest BCUT2D eigenvalue weighted by Crippen LogP contribution is -2.42. The molecule has 0 bridgehead atoms. The van der Waals surface area contributed by atoms with Crippen molar-refractivity contribution in [3.63, 3.8) is 0 Å². The van der Waals surface area contributed by atoms with Crippen LogP contribution < -0.4 is 5.32 Å². The van der Waals surface area contributed by atoms with E-state index in [1.165, 1.54) is 19.3 Å². The van der Waals surface area contributed by atoms with Crippen LogP contribution in [0.1, 0.15) is 46.5 Å². The molecule has 1 rings (SSSR count). The number of carbonyl (C=O) groups is 1. The summed E-state index contributed by atoms with van der Waals surface area (Å²) in [6.45, 7) is 8.11. The van der Waals surface area contributed by atoms with Gasteiger partial charge in [-0.1, -0.05) is 26.2 Å². The number of nitrogens with one attached hydrogen (secondary N) is 1. The van der Waals surface area contributed by atoms with Gasteiger partial charge in [-0.2, -0.15) is 0 Å². The lowest BCUT2D eigenvalue weighted by Gasteiger charge is -2.29. The van der Waals surface area contributed by atoms with Crippen molar-refractivity contribution in [2.75, 3.05) is 13.1 Å². The Balaban J connectivity index is 2.31. The summed E-state index contributed by atoms with van der Waals surface area (Å²) >= 11 is 0. The molecule has 1 aliphatic heterocycles. The van der Waals surface area contributed by atoms with Gasteiger partial charge < -0.3 is 10.2 Å². The minimum Gasteiger partial charge on any atom is -0.336 e. The molecule has 0 unspecified atom stereocenters. The van der Waals surface area contributed by atoms with Gasteiger partial charge in [-0.3, -0.25) is 0 Å². The van der Waals surface area contributed by atoms with Crippen molar-refractivity contribution >= 4 is 6.03 Å². The Bertz CT molecular complexity index is 201. The van der Waals surface area contributed by atoms with Crippen LogP contribution >= 0.6 is 0 Å². The topological polar surface area (TPSA) is 32.3 Å². The highest BCUT2D eigenvalue weighted by Crippen LogP contribution is 2.19. The van der Waals surface area contributed by atoms with Gasteiger partial charge in [0.05, 0.1) is 5.54 Å². The summed E-state index contributed by atoms with van der Waals surface area (Å²) in [6, 6.07) is 0.103. The second-order valence-electron chi connectivity index (χ2n) is 4.68. The van der Waals surface area contributed by atoms with E-state index in [0.717, 1.165) is 19.5 Å². The van der Waals surface area contributed by atoms with Crippen molar-refractivity contribution in [1.82, 2.24) is 10.2 Å². The molecule has 1 N–H and O–H groups in total. The number of nitrogens with zero attached hydrogens (tertiary/aromatic N) is 1. The molecular formula is C11H22N2O. The summed E-state index contributed by atoms with van der Waals surface area (Å²) in [6.07, 6.45) is 4.88. The zero-order valence-electron chi connectivity index (χ0n) is 9.60. The number of carbonyl (C=O) groups excluding carboxylic acids is 1. The molecule has 1 fully saturated rings. The van der Waals surface area contributed by atoms with Crippen molar-refractivity contribution in [3.05, 3.63) is 0 Å². The van der Waals surface area contributed by atoms with E-state index in [9.17, 15) is 4.79 Å². The van der Waals surface area contributed by atoms with Gasteiger partial charge in [0.15, 0.2) is 0 Å². The van der Waals surface area contributed by atoms with Crippen LogP contribution in [0.25, 0.3) is 0 Å². The molecular weight excluding hydrogens is 176 g/mol. The van der Waals surface area contributed by atoms with Crippen molar-refractivity contribution in [1.29, 1.82) is 0 Å². The molecule has 14 heavy (non-hydrogen) atoms. The van der Waals surface area contributed by atoms with E-state index in [2.05, 4.69) is 26.1 Å². The zero-order chi connectivity index (χ0) is 10.6. The van der Waals surface area contributed by atoms with Gasteiger partial charge in [-0.05, 0) is 20.3 Å². The molecule has 2 amide bonds. The first kappa shape index (κ1) is 11.3. The molecule has 0 aromatic rings. The third-order valence-electron chi connectivity index (χ3n) is 2.88. The molecule has 1 aliphatic rings. The molecule has 0 saturated carbocycles. The molecule has 0 atom stereocenters. The first-order chi connectivity index (χ1) is 6.58. The minimum atomic E-state index is 0.00327. The van der Waals surface area contributed by atoms with Gasteiger partial charge in [0, 0.05) is 13.1 Å². The van der Waals surface area contributed by atoms with Gasteiger partial charge in [0.1, 0.15) is 0 Å². The zero-order valence-corrected chi connectivity index (χ0v) is 9.60. The van der Waals surface area contributed by atoms with Gasteiger partial charge in [-0.25, -0.2) is 4.79 Å². The van der Waals surface area contributed by atoms with E-state index in [1.807, 2.05) is 4.90 Å². The maximum Gasteiger partial charge on any atom is 0.317 e. The van der Waals surface area contributed by atoms with Gasteiger partial charge in [0.25, 0.3) is 0 Å². The standard InChI is InChI=1S/C11H22N2O/c1-4-5-6-7-8-13-10(14)12-9-11(13,2)3/h4-9H2,1-3H3,(H,12,14). The second kappa shape index (κ2) is 4.67. The Morgan fingerprint density at radius 2 is 2.07 bits per heavy atom. The molecule has 0 spiro atoms. The summed E-state index contributed by atoms with van der Waals surface area (Å²) in [5.41, 5.74) is 0.00327. The number of amides is 2. The molecule has 3 nitrogen and oxygen atoms in total. The molecule has 3 heteroatoms. The SMILES string of the molecule is CCCCCCN1C(=O)NCC1(C)C. The first-order valence-corrected chi connectivity index (χ1v) is 5.63. The fraction of sp³-hybridized carbons (Fsp3) is 0.909. The molecule has 0 aromatic heterocycles. The minimum absolute atomic E-state index is 0.00327. The van der Waals surface area contributed by atoms with E-state index < -0.39 is 0 Å². The lowest BCUT2D eigenvalue weighted by atomic mass is 10.0. The van der Waals surface area contributed by atoms with E-state index in [1.54, 1.807) is 0 Å². The average Bonchev–Trinajstić information content (AvgIpc) is 2.38. The highest BCUT2D eigenvalue weighted by Gasteiger charge is 2.36. The maximum atomic E-state index is 11.5.